The van der Waals surface area contributed by atoms with Gasteiger partial charge in [0, 0.05) is 53.3 Å². The van der Waals surface area contributed by atoms with Crippen LogP contribution in [0.1, 0.15) is 0 Å². The molecule has 50 heavy (non-hydrogen) atoms. The minimum absolute atomic E-state index is 0.709. The van der Waals surface area contributed by atoms with Gasteiger partial charge >= 0.3 is 0 Å². The maximum atomic E-state index is 5.13. The van der Waals surface area contributed by atoms with Gasteiger partial charge in [-0.15, -0.1) is 11.3 Å². The number of para-hydroxylation sites is 2. The highest BCUT2D eigenvalue weighted by Crippen LogP contribution is 2.38. The second kappa shape index (κ2) is 11.7. The molecule has 0 aliphatic rings. The Morgan fingerprint density at radius 1 is 0.360 bits per heavy atom. The molecule has 3 aromatic heterocycles. The number of aromatic nitrogens is 3. The smallest absolute Gasteiger partial charge is 0.160 e. The Balaban J connectivity index is 1.08. The van der Waals surface area contributed by atoms with E-state index in [9.17, 15) is 0 Å². The quantitative estimate of drug-likeness (QED) is 0.185. The van der Waals surface area contributed by atoms with Gasteiger partial charge in [-0.25, -0.2) is 9.97 Å². The molecule has 234 valence electrons. The Kier molecular flexibility index (Phi) is 6.68. The molecule has 0 fully saturated rings. The molecule has 0 spiro atoms. The minimum atomic E-state index is 0.709. The third-order valence-corrected chi connectivity index (χ3v) is 10.8. The van der Waals surface area contributed by atoms with Gasteiger partial charge in [0.05, 0.1) is 22.4 Å². The standard InChI is InChI=1S/C46H29N3S/c1-2-11-31(12-3-1)46-47-40(30-21-24-35(25-22-30)49-42-18-7-4-15-36(42)37-16-5-8-19-43(37)49)29-41(48-46)34-14-10-13-32(27-34)33-23-26-45-39(28-33)38-17-6-9-20-44(38)50-45/h1-29H. The van der Waals surface area contributed by atoms with Crippen molar-refractivity contribution in [1.82, 2.24) is 14.5 Å². The first-order valence-corrected chi connectivity index (χ1v) is 17.6. The number of benzene rings is 7. The molecule has 0 unspecified atom stereocenters. The van der Waals surface area contributed by atoms with Gasteiger partial charge in [-0.2, -0.15) is 0 Å². The van der Waals surface area contributed by atoms with E-state index in [0.717, 1.165) is 39.3 Å². The maximum absolute atomic E-state index is 5.13. The van der Waals surface area contributed by atoms with Gasteiger partial charge in [-0.05, 0) is 65.7 Å². The number of hydrogen-bond acceptors (Lipinski definition) is 3. The molecule has 0 atom stereocenters. The van der Waals surface area contributed by atoms with E-state index < -0.39 is 0 Å². The summed E-state index contributed by atoms with van der Waals surface area (Å²) in [6, 6.07) is 62.5. The third-order valence-electron chi connectivity index (χ3n) is 9.63. The molecular formula is C46H29N3S. The van der Waals surface area contributed by atoms with Crippen LogP contribution in [0, 0.1) is 0 Å². The van der Waals surface area contributed by atoms with E-state index >= 15 is 0 Å². The molecule has 3 nitrogen and oxygen atoms in total. The zero-order valence-corrected chi connectivity index (χ0v) is 27.8. The van der Waals surface area contributed by atoms with Gasteiger partial charge in [-0.3, -0.25) is 0 Å². The summed E-state index contributed by atoms with van der Waals surface area (Å²) in [5.74, 6) is 0.709. The van der Waals surface area contributed by atoms with Gasteiger partial charge in [0.1, 0.15) is 0 Å². The molecule has 0 radical (unpaired) electrons. The number of thiophene rings is 1. The topological polar surface area (TPSA) is 30.7 Å². The van der Waals surface area contributed by atoms with Crippen molar-refractivity contribution in [2.24, 2.45) is 0 Å². The Morgan fingerprint density at radius 2 is 0.920 bits per heavy atom. The molecule has 0 amide bonds. The first-order valence-electron chi connectivity index (χ1n) is 16.8. The van der Waals surface area contributed by atoms with Crippen molar-refractivity contribution < 1.29 is 0 Å². The average Bonchev–Trinajstić information content (AvgIpc) is 3.74. The van der Waals surface area contributed by atoms with Crippen molar-refractivity contribution >= 4 is 53.3 Å². The van der Waals surface area contributed by atoms with Crippen molar-refractivity contribution in [3.63, 3.8) is 0 Å². The van der Waals surface area contributed by atoms with Crippen molar-refractivity contribution in [1.29, 1.82) is 0 Å². The summed E-state index contributed by atoms with van der Waals surface area (Å²) < 4.78 is 4.97. The first kappa shape index (κ1) is 28.6. The van der Waals surface area contributed by atoms with Crippen molar-refractivity contribution in [3.05, 3.63) is 176 Å². The summed E-state index contributed by atoms with van der Waals surface area (Å²) in [4.78, 5) is 10.2. The summed E-state index contributed by atoms with van der Waals surface area (Å²) in [6.07, 6.45) is 0. The molecule has 0 N–H and O–H groups in total. The zero-order valence-electron chi connectivity index (χ0n) is 27.0. The van der Waals surface area contributed by atoms with E-state index in [4.69, 9.17) is 9.97 Å². The molecule has 7 aromatic carbocycles. The minimum Gasteiger partial charge on any atom is -0.309 e. The molecule has 0 saturated carbocycles. The largest absolute Gasteiger partial charge is 0.309 e. The summed E-state index contributed by atoms with van der Waals surface area (Å²) >= 11 is 1.85. The van der Waals surface area contributed by atoms with Crippen molar-refractivity contribution in [2.45, 2.75) is 0 Å². The molecule has 0 aliphatic heterocycles. The fourth-order valence-electron chi connectivity index (χ4n) is 7.21. The van der Waals surface area contributed by atoms with E-state index in [2.05, 4.69) is 162 Å². The Hall–Kier alpha value is -6.36. The predicted octanol–water partition coefficient (Wildman–Crippen LogP) is 12.6. The lowest BCUT2D eigenvalue weighted by atomic mass is 9.99. The second-order valence-corrected chi connectivity index (χ2v) is 13.7. The number of hydrogen-bond donors (Lipinski definition) is 0. The number of nitrogens with zero attached hydrogens (tertiary/aromatic N) is 3. The van der Waals surface area contributed by atoms with Crippen LogP contribution in [0.3, 0.4) is 0 Å². The highest BCUT2D eigenvalue weighted by molar-refractivity contribution is 7.25. The molecule has 10 rings (SSSR count). The van der Waals surface area contributed by atoms with E-state index in [-0.39, 0.29) is 0 Å². The van der Waals surface area contributed by atoms with Crippen LogP contribution < -0.4 is 0 Å². The normalized spacial score (nSPS) is 11.6. The van der Waals surface area contributed by atoms with Crippen molar-refractivity contribution in [2.75, 3.05) is 0 Å². The van der Waals surface area contributed by atoms with E-state index in [0.29, 0.717) is 5.82 Å². The van der Waals surface area contributed by atoms with Crippen LogP contribution >= 0.6 is 11.3 Å². The van der Waals surface area contributed by atoms with E-state index in [1.807, 2.05) is 29.5 Å². The third kappa shape index (κ3) is 4.80. The molecule has 3 heterocycles. The van der Waals surface area contributed by atoms with E-state index in [1.54, 1.807) is 0 Å². The van der Waals surface area contributed by atoms with Crippen LogP contribution in [0.4, 0.5) is 0 Å². The average molecular weight is 656 g/mol. The molecule has 4 heteroatoms. The lowest BCUT2D eigenvalue weighted by molar-refractivity contribution is 1.17. The fraction of sp³-hybridized carbons (Fsp3) is 0. The summed E-state index contributed by atoms with van der Waals surface area (Å²) in [5, 5.41) is 5.12. The molecule has 0 saturated heterocycles. The predicted molar refractivity (Wildman–Crippen MR) is 211 cm³/mol. The Bertz CT molecular complexity index is 2810. The highest BCUT2D eigenvalue weighted by Gasteiger charge is 2.15. The zero-order chi connectivity index (χ0) is 33.0. The van der Waals surface area contributed by atoms with Gasteiger partial charge in [0.2, 0.25) is 0 Å². The second-order valence-electron chi connectivity index (χ2n) is 12.6. The number of rotatable bonds is 5. The lowest BCUT2D eigenvalue weighted by Crippen LogP contribution is -1.97. The molecular weight excluding hydrogens is 627 g/mol. The maximum Gasteiger partial charge on any atom is 0.160 e. The lowest BCUT2D eigenvalue weighted by Gasteiger charge is -2.12. The van der Waals surface area contributed by atoms with Crippen molar-refractivity contribution in [3.8, 4) is 50.7 Å². The summed E-state index contributed by atoms with van der Waals surface area (Å²) in [6.45, 7) is 0. The number of fused-ring (bicyclic) bond motifs is 6. The monoisotopic (exact) mass is 655 g/mol. The van der Waals surface area contributed by atoms with Crippen LogP contribution in [0.5, 0.6) is 0 Å². The van der Waals surface area contributed by atoms with Gasteiger partial charge in [0.15, 0.2) is 5.82 Å². The first-order chi connectivity index (χ1) is 24.8. The van der Waals surface area contributed by atoms with Gasteiger partial charge in [-0.1, -0.05) is 121 Å². The molecule has 0 aliphatic carbocycles. The highest BCUT2D eigenvalue weighted by atomic mass is 32.1. The fourth-order valence-corrected chi connectivity index (χ4v) is 8.29. The Morgan fingerprint density at radius 3 is 1.68 bits per heavy atom. The van der Waals surface area contributed by atoms with E-state index in [1.165, 1.54) is 47.5 Å². The van der Waals surface area contributed by atoms with Crippen LogP contribution in [0.2, 0.25) is 0 Å². The van der Waals surface area contributed by atoms with Crippen LogP contribution in [-0.2, 0) is 0 Å². The van der Waals surface area contributed by atoms with Crippen LogP contribution in [0.15, 0.2) is 176 Å². The van der Waals surface area contributed by atoms with Gasteiger partial charge < -0.3 is 4.57 Å². The summed E-state index contributed by atoms with van der Waals surface area (Å²) in [7, 11) is 0. The SMILES string of the molecule is c1ccc(-c2nc(-c3ccc(-n4c5ccccc5c5ccccc54)cc3)cc(-c3cccc(-c4ccc5sc6ccccc6c5c4)c3)n2)cc1. The van der Waals surface area contributed by atoms with Gasteiger partial charge in [0.25, 0.3) is 0 Å². The van der Waals surface area contributed by atoms with Crippen LogP contribution in [-0.4, -0.2) is 14.5 Å². The molecule has 0 bridgehead atoms. The summed E-state index contributed by atoms with van der Waals surface area (Å²) in [5.41, 5.74) is 10.7. The molecule has 10 aromatic rings. The van der Waals surface area contributed by atoms with Crippen LogP contribution in [0.25, 0.3) is 92.7 Å². The Labute approximate surface area is 293 Å².